The van der Waals surface area contributed by atoms with Gasteiger partial charge in [-0.2, -0.15) is 0 Å². The summed E-state index contributed by atoms with van der Waals surface area (Å²) in [6.07, 6.45) is -0.514. The van der Waals surface area contributed by atoms with E-state index in [1.807, 2.05) is 60.7 Å². The van der Waals surface area contributed by atoms with Gasteiger partial charge in [-0.3, -0.25) is 14.5 Å². The maximum absolute atomic E-state index is 13.1. The fourth-order valence-electron chi connectivity index (χ4n) is 5.25. The van der Waals surface area contributed by atoms with Crippen molar-refractivity contribution in [2.45, 2.75) is 12.7 Å². The van der Waals surface area contributed by atoms with Crippen molar-refractivity contribution < 1.29 is 29.2 Å². The van der Waals surface area contributed by atoms with Crippen molar-refractivity contribution in [1.29, 1.82) is 0 Å². The van der Waals surface area contributed by atoms with E-state index in [-0.39, 0.29) is 11.8 Å². The predicted octanol–water partition coefficient (Wildman–Crippen LogP) is 0.450. The molecule has 1 atom stereocenters. The number of rotatable bonds is 9. The van der Waals surface area contributed by atoms with Crippen LogP contribution < -0.4 is 9.80 Å². The minimum atomic E-state index is -0.514. The molecule has 188 valence electrons. The van der Waals surface area contributed by atoms with E-state index in [1.54, 1.807) is 0 Å². The Morgan fingerprint density at radius 1 is 0.889 bits per heavy atom. The first kappa shape index (κ1) is 24.9. The smallest absolute Gasteiger partial charge is 0.261 e. The number of aliphatic hydroxyl groups excluding tert-OH is 1. The third-order valence-electron chi connectivity index (χ3n) is 7.23. The second-order valence-electron chi connectivity index (χ2n) is 9.72. The first-order chi connectivity index (χ1) is 17.5. The van der Waals surface area contributed by atoms with Crippen LogP contribution in [0, 0.1) is 0 Å². The van der Waals surface area contributed by atoms with Crippen molar-refractivity contribution in [3.63, 3.8) is 0 Å². The summed E-state index contributed by atoms with van der Waals surface area (Å²) in [5.74, 6) is -0.399. The highest BCUT2D eigenvalue weighted by Gasteiger charge is 2.34. The van der Waals surface area contributed by atoms with Crippen LogP contribution in [0.3, 0.4) is 0 Å². The molecular formula is C28H32ClN3O4+2. The van der Waals surface area contributed by atoms with Crippen LogP contribution in [0.1, 0.15) is 26.3 Å². The zero-order chi connectivity index (χ0) is 25.1. The fraction of sp³-hybridized carbons (Fsp3) is 0.357. The van der Waals surface area contributed by atoms with Crippen LogP contribution in [0.5, 0.6) is 0 Å². The van der Waals surface area contributed by atoms with E-state index in [4.69, 9.17) is 16.3 Å². The zero-order valence-corrected chi connectivity index (χ0v) is 21.0. The van der Waals surface area contributed by atoms with Gasteiger partial charge in [-0.05, 0) is 35.2 Å². The number of carbonyl (C=O) groups is 2. The number of nitrogens with one attached hydrogen (secondary N) is 2. The summed E-state index contributed by atoms with van der Waals surface area (Å²) in [6.45, 7) is 6.31. The largest absolute Gasteiger partial charge is 0.385 e. The average Bonchev–Trinajstić information content (AvgIpc) is 2.89. The molecule has 1 saturated heterocycles. The van der Waals surface area contributed by atoms with Crippen molar-refractivity contribution in [3.05, 3.63) is 82.4 Å². The van der Waals surface area contributed by atoms with Crippen LogP contribution in [0.15, 0.2) is 60.7 Å². The van der Waals surface area contributed by atoms with Crippen molar-refractivity contribution in [3.8, 4) is 0 Å². The molecule has 3 aromatic carbocycles. The number of ether oxygens (including phenoxy) is 1. The summed E-state index contributed by atoms with van der Waals surface area (Å²) in [5.41, 5.74) is 2.25. The van der Waals surface area contributed by atoms with Crippen LogP contribution in [0.25, 0.3) is 10.8 Å². The SMILES string of the molecule is O=C1c2cccc3cccc(c23)C(=O)N1CC[NH+]1CC[NH+](C[C@H](O)COCc2ccc(Cl)cc2)CC1. The van der Waals surface area contributed by atoms with Crippen molar-refractivity contribution >= 4 is 34.2 Å². The van der Waals surface area contributed by atoms with Gasteiger partial charge in [0.2, 0.25) is 0 Å². The molecule has 0 unspecified atom stereocenters. The van der Waals surface area contributed by atoms with Gasteiger partial charge in [-0.25, -0.2) is 0 Å². The second-order valence-corrected chi connectivity index (χ2v) is 10.2. The average molecular weight is 510 g/mol. The summed E-state index contributed by atoms with van der Waals surface area (Å²) in [7, 11) is 0. The highest BCUT2D eigenvalue weighted by atomic mass is 35.5. The zero-order valence-electron chi connectivity index (χ0n) is 20.2. The third-order valence-corrected chi connectivity index (χ3v) is 7.48. The van der Waals surface area contributed by atoms with Gasteiger partial charge in [0.25, 0.3) is 11.8 Å². The van der Waals surface area contributed by atoms with E-state index in [9.17, 15) is 14.7 Å². The van der Waals surface area contributed by atoms with Gasteiger partial charge in [0, 0.05) is 21.5 Å². The van der Waals surface area contributed by atoms with E-state index in [0.717, 1.165) is 49.1 Å². The molecule has 0 saturated carbocycles. The molecule has 0 aromatic heterocycles. The Kier molecular flexibility index (Phi) is 7.65. The van der Waals surface area contributed by atoms with Gasteiger partial charge in [0.05, 0.1) is 26.3 Å². The van der Waals surface area contributed by atoms with E-state index < -0.39 is 6.10 Å². The van der Waals surface area contributed by atoms with E-state index >= 15 is 0 Å². The number of imide groups is 1. The van der Waals surface area contributed by atoms with Gasteiger partial charge < -0.3 is 19.6 Å². The van der Waals surface area contributed by atoms with Gasteiger partial charge in [-0.1, -0.05) is 48.0 Å². The maximum atomic E-state index is 13.1. The molecule has 3 N–H and O–H groups in total. The van der Waals surface area contributed by atoms with Gasteiger partial charge >= 0.3 is 0 Å². The summed E-state index contributed by atoms with van der Waals surface area (Å²) in [5, 5.41) is 12.8. The topological polar surface area (TPSA) is 75.7 Å². The normalized spacial score (nSPS) is 20.7. The van der Waals surface area contributed by atoms with E-state index in [2.05, 4.69) is 0 Å². The van der Waals surface area contributed by atoms with Crippen LogP contribution in [-0.2, 0) is 11.3 Å². The van der Waals surface area contributed by atoms with Crippen molar-refractivity contribution in [1.82, 2.24) is 4.90 Å². The predicted molar refractivity (Wildman–Crippen MR) is 138 cm³/mol. The highest BCUT2D eigenvalue weighted by Crippen LogP contribution is 2.29. The minimum Gasteiger partial charge on any atom is -0.385 e. The third kappa shape index (κ3) is 5.45. The Labute approximate surface area is 215 Å². The first-order valence-electron chi connectivity index (χ1n) is 12.5. The fourth-order valence-corrected chi connectivity index (χ4v) is 5.38. The van der Waals surface area contributed by atoms with Gasteiger partial charge in [0.1, 0.15) is 38.8 Å². The molecule has 8 heteroatoms. The Morgan fingerprint density at radius 2 is 1.50 bits per heavy atom. The molecule has 0 bridgehead atoms. The maximum Gasteiger partial charge on any atom is 0.261 e. The molecule has 0 radical (unpaired) electrons. The molecule has 2 amide bonds. The van der Waals surface area contributed by atoms with Crippen molar-refractivity contribution in [2.24, 2.45) is 0 Å². The number of hydrogen-bond acceptors (Lipinski definition) is 4. The Morgan fingerprint density at radius 3 is 2.14 bits per heavy atom. The Balaban J connectivity index is 1.06. The molecule has 0 spiro atoms. The number of aliphatic hydroxyl groups is 1. The van der Waals surface area contributed by atoms with E-state index in [0.29, 0.717) is 42.5 Å². The van der Waals surface area contributed by atoms with Crippen LogP contribution in [-0.4, -0.2) is 80.3 Å². The van der Waals surface area contributed by atoms with Crippen LogP contribution in [0.4, 0.5) is 0 Å². The van der Waals surface area contributed by atoms with Crippen LogP contribution in [0.2, 0.25) is 5.02 Å². The number of hydrogen-bond donors (Lipinski definition) is 3. The molecule has 1 fully saturated rings. The number of carbonyl (C=O) groups excluding carboxylic acids is 2. The molecular weight excluding hydrogens is 478 g/mol. The molecule has 2 aliphatic heterocycles. The molecule has 3 aromatic rings. The number of piperazine rings is 1. The number of quaternary nitrogens is 2. The summed E-state index contributed by atoms with van der Waals surface area (Å²) < 4.78 is 5.67. The summed E-state index contributed by atoms with van der Waals surface area (Å²) in [4.78, 5) is 30.3. The Bertz CT molecular complexity index is 1190. The number of halogens is 1. The second kappa shape index (κ2) is 11.1. The molecule has 2 aliphatic rings. The monoisotopic (exact) mass is 509 g/mol. The summed E-state index contributed by atoms with van der Waals surface area (Å²) in [6, 6.07) is 18.8. The molecule has 7 nitrogen and oxygen atoms in total. The minimum absolute atomic E-state index is 0.199. The summed E-state index contributed by atoms with van der Waals surface area (Å²) >= 11 is 5.90. The molecule has 36 heavy (non-hydrogen) atoms. The number of nitrogens with zero attached hydrogens (tertiary/aromatic N) is 1. The van der Waals surface area contributed by atoms with Gasteiger partial charge in [0.15, 0.2) is 0 Å². The molecule has 2 heterocycles. The van der Waals surface area contributed by atoms with Crippen molar-refractivity contribution in [2.75, 3.05) is 52.4 Å². The first-order valence-corrected chi connectivity index (χ1v) is 12.9. The molecule has 5 rings (SSSR count). The van der Waals surface area contributed by atoms with E-state index in [1.165, 1.54) is 14.7 Å². The Hall–Kier alpha value is -2.81. The lowest BCUT2D eigenvalue weighted by molar-refractivity contribution is -1.01. The van der Waals surface area contributed by atoms with Crippen LogP contribution >= 0.6 is 11.6 Å². The standard InChI is InChI=1S/C28H30ClN3O4/c29-22-9-7-20(8-10-22)18-36-19-23(33)17-31-13-11-30(12-14-31)15-16-32-27(34)24-5-1-3-21-4-2-6-25(26(21)24)28(32)35/h1-10,23,33H,11-19H2/p+2/t23-/m0/s1. The quantitative estimate of drug-likeness (QED) is 0.366. The lowest BCUT2D eigenvalue weighted by Crippen LogP contribution is -3.28. The highest BCUT2D eigenvalue weighted by molar-refractivity contribution is 6.30. The number of amides is 2. The lowest BCUT2D eigenvalue weighted by atomic mass is 9.94. The number of benzene rings is 3. The molecule has 0 aliphatic carbocycles. The van der Waals surface area contributed by atoms with Gasteiger partial charge in [-0.15, -0.1) is 0 Å². The lowest BCUT2D eigenvalue weighted by Gasteiger charge is -2.32.